The van der Waals surface area contributed by atoms with Gasteiger partial charge < -0.3 is 19.1 Å². The van der Waals surface area contributed by atoms with Gasteiger partial charge >= 0.3 is 18.0 Å². The number of halogens is 1. The van der Waals surface area contributed by atoms with Crippen molar-refractivity contribution in [3.05, 3.63) is 33.4 Å². The maximum atomic E-state index is 13.6. The molecule has 1 rings (SSSR count). The number of esters is 2. The molecule has 0 aliphatic rings. The number of likely N-dealkylation sites (N-methyl/N-ethyl adjacent to an activating group) is 1. The molecule has 0 aliphatic carbocycles. The number of benzene rings is 1. The molecule has 2 amide bonds. The quantitative estimate of drug-likeness (QED) is 0.240. The zero-order valence-corrected chi connectivity index (χ0v) is 22.2. The van der Waals surface area contributed by atoms with Gasteiger partial charge in [0, 0.05) is 17.0 Å². The summed E-state index contributed by atoms with van der Waals surface area (Å²) in [6.45, 7) is 7.83. The van der Waals surface area contributed by atoms with Crippen molar-refractivity contribution >= 4 is 46.5 Å². The lowest BCUT2D eigenvalue weighted by molar-refractivity contribution is -0.155. The molecule has 1 aromatic carbocycles. The first-order valence-electron chi connectivity index (χ1n) is 10.7. The van der Waals surface area contributed by atoms with E-state index < -0.39 is 48.7 Å². The lowest BCUT2D eigenvalue weighted by Gasteiger charge is -2.33. The standard InChI is InChI=1S/C23H33IN2O7/c1-7-31-19(27)14-26(15-20(28)32-8-2)21(29)18(13-16-9-11-17(24)12-10-16)25(6)22(30)33-23(3,4)5/h9-12,18H,7-8,13-15H2,1-6H3/t18-/m0/s1. The van der Waals surface area contributed by atoms with Crippen molar-refractivity contribution in [1.82, 2.24) is 9.80 Å². The smallest absolute Gasteiger partial charge is 0.410 e. The van der Waals surface area contributed by atoms with Gasteiger partial charge in [-0.1, -0.05) is 12.1 Å². The van der Waals surface area contributed by atoms with Gasteiger partial charge in [-0.05, 0) is 74.9 Å². The zero-order chi connectivity index (χ0) is 25.2. The highest BCUT2D eigenvalue weighted by Crippen LogP contribution is 2.17. The summed E-state index contributed by atoms with van der Waals surface area (Å²) in [6.07, 6.45) is -0.535. The Labute approximate surface area is 208 Å². The number of amides is 2. The molecule has 0 heterocycles. The molecule has 10 heteroatoms. The second-order valence-electron chi connectivity index (χ2n) is 8.24. The van der Waals surface area contributed by atoms with Crippen LogP contribution in [0.1, 0.15) is 40.2 Å². The molecule has 33 heavy (non-hydrogen) atoms. The maximum absolute atomic E-state index is 13.6. The fourth-order valence-corrected chi connectivity index (χ4v) is 3.20. The first-order chi connectivity index (χ1) is 15.4. The average molecular weight is 576 g/mol. The Morgan fingerprint density at radius 2 is 1.42 bits per heavy atom. The van der Waals surface area contributed by atoms with E-state index in [0.717, 1.165) is 14.0 Å². The van der Waals surface area contributed by atoms with E-state index in [1.54, 1.807) is 34.6 Å². The van der Waals surface area contributed by atoms with E-state index in [0.29, 0.717) is 0 Å². The number of hydrogen-bond donors (Lipinski definition) is 0. The van der Waals surface area contributed by atoms with Crippen molar-refractivity contribution in [2.24, 2.45) is 0 Å². The lowest BCUT2D eigenvalue weighted by Crippen LogP contribution is -2.53. The number of hydrogen-bond acceptors (Lipinski definition) is 7. The van der Waals surface area contributed by atoms with E-state index in [2.05, 4.69) is 22.6 Å². The molecule has 0 saturated carbocycles. The van der Waals surface area contributed by atoms with Crippen LogP contribution in [0.15, 0.2) is 24.3 Å². The van der Waals surface area contributed by atoms with Gasteiger partial charge in [0.2, 0.25) is 5.91 Å². The number of ether oxygens (including phenoxy) is 3. The maximum Gasteiger partial charge on any atom is 0.410 e. The van der Waals surface area contributed by atoms with E-state index in [4.69, 9.17) is 14.2 Å². The molecule has 0 aliphatic heterocycles. The Morgan fingerprint density at radius 3 is 1.85 bits per heavy atom. The number of rotatable bonds is 10. The lowest BCUT2D eigenvalue weighted by atomic mass is 10.0. The molecule has 0 aromatic heterocycles. The Bertz CT molecular complexity index is 801. The first kappa shape index (κ1) is 28.7. The first-order valence-corrected chi connectivity index (χ1v) is 11.8. The fourth-order valence-electron chi connectivity index (χ4n) is 2.84. The van der Waals surface area contributed by atoms with Crippen molar-refractivity contribution in [2.75, 3.05) is 33.4 Å². The summed E-state index contributed by atoms with van der Waals surface area (Å²) < 4.78 is 16.4. The van der Waals surface area contributed by atoms with Gasteiger partial charge in [0.25, 0.3) is 0 Å². The van der Waals surface area contributed by atoms with E-state index in [1.165, 1.54) is 11.9 Å². The van der Waals surface area contributed by atoms with Gasteiger partial charge in [-0.25, -0.2) is 4.79 Å². The topological polar surface area (TPSA) is 102 Å². The van der Waals surface area contributed by atoms with Gasteiger partial charge in [0.05, 0.1) is 13.2 Å². The van der Waals surface area contributed by atoms with Gasteiger partial charge in [-0.3, -0.25) is 19.3 Å². The Hall–Kier alpha value is -2.37. The Balaban J connectivity index is 3.28. The van der Waals surface area contributed by atoms with Crippen LogP contribution < -0.4 is 0 Å². The van der Waals surface area contributed by atoms with Crippen LogP contribution in [0.25, 0.3) is 0 Å². The minimum absolute atomic E-state index is 0.129. The van der Waals surface area contributed by atoms with Crippen molar-refractivity contribution in [3.63, 3.8) is 0 Å². The number of carbonyl (C=O) groups is 4. The molecule has 0 saturated heterocycles. The summed E-state index contributed by atoms with van der Waals surface area (Å²) >= 11 is 2.17. The molecule has 0 unspecified atom stereocenters. The van der Waals surface area contributed by atoms with Crippen LogP contribution >= 0.6 is 22.6 Å². The van der Waals surface area contributed by atoms with Crippen LogP contribution in [0, 0.1) is 3.57 Å². The molecule has 9 nitrogen and oxygen atoms in total. The van der Waals surface area contributed by atoms with Gasteiger partial charge in [-0.2, -0.15) is 0 Å². The van der Waals surface area contributed by atoms with Crippen LogP contribution in [0.2, 0.25) is 0 Å². The summed E-state index contributed by atoms with van der Waals surface area (Å²) in [7, 11) is 1.45. The summed E-state index contributed by atoms with van der Waals surface area (Å²) in [5.74, 6) is -1.92. The summed E-state index contributed by atoms with van der Waals surface area (Å²) in [5, 5.41) is 0. The van der Waals surface area contributed by atoms with Crippen LogP contribution in [0.4, 0.5) is 4.79 Å². The third-order valence-electron chi connectivity index (χ3n) is 4.34. The van der Waals surface area contributed by atoms with E-state index in [9.17, 15) is 19.2 Å². The second-order valence-corrected chi connectivity index (χ2v) is 9.49. The molecular weight excluding hydrogens is 543 g/mol. The average Bonchev–Trinajstić information content (AvgIpc) is 2.71. The molecule has 0 N–H and O–H groups in total. The summed E-state index contributed by atoms with van der Waals surface area (Å²) in [4.78, 5) is 52.8. The van der Waals surface area contributed by atoms with Crippen LogP contribution in [-0.2, 0) is 35.0 Å². The molecule has 1 atom stereocenters. The minimum atomic E-state index is -1.02. The summed E-state index contributed by atoms with van der Waals surface area (Å²) in [6, 6.07) is 6.46. The second kappa shape index (κ2) is 13.4. The van der Waals surface area contributed by atoms with Crippen molar-refractivity contribution in [3.8, 4) is 0 Å². The third-order valence-corrected chi connectivity index (χ3v) is 5.06. The van der Waals surface area contributed by atoms with Crippen LogP contribution in [0.3, 0.4) is 0 Å². The van der Waals surface area contributed by atoms with Gasteiger partial charge in [-0.15, -0.1) is 0 Å². The van der Waals surface area contributed by atoms with Gasteiger partial charge in [0.1, 0.15) is 24.7 Å². The number of nitrogens with zero attached hydrogens (tertiary/aromatic N) is 2. The highest BCUT2D eigenvalue weighted by Gasteiger charge is 2.35. The SMILES string of the molecule is CCOC(=O)CN(CC(=O)OCC)C(=O)[C@H](Cc1ccc(I)cc1)N(C)C(=O)OC(C)(C)C. The van der Waals surface area contributed by atoms with Gasteiger partial charge in [0.15, 0.2) is 0 Å². The highest BCUT2D eigenvalue weighted by atomic mass is 127. The van der Waals surface area contributed by atoms with E-state index in [-0.39, 0.29) is 19.6 Å². The van der Waals surface area contributed by atoms with Crippen LogP contribution in [0.5, 0.6) is 0 Å². The van der Waals surface area contributed by atoms with E-state index in [1.807, 2.05) is 24.3 Å². The Kier molecular flexibility index (Phi) is 11.6. The highest BCUT2D eigenvalue weighted by molar-refractivity contribution is 14.1. The minimum Gasteiger partial charge on any atom is -0.465 e. The van der Waals surface area contributed by atoms with Crippen LogP contribution in [-0.4, -0.2) is 78.7 Å². The van der Waals surface area contributed by atoms with E-state index >= 15 is 0 Å². The normalized spacial score (nSPS) is 11.8. The molecular formula is C23H33IN2O7. The Morgan fingerprint density at radius 1 is 0.939 bits per heavy atom. The number of carbonyl (C=O) groups excluding carboxylic acids is 4. The summed E-state index contributed by atoms with van der Waals surface area (Å²) in [5.41, 5.74) is 0.0357. The molecule has 1 aromatic rings. The zero-order valence-electron chi connectivity index (χ0n) is 20.1. The largest absolute Gasteiger partial charge is 0.465 e. The fraction of sp³-hybridized carbons (Fsp3) is 0.565. The molecule has 0 radical (unpaired) electrons. The predicted octanol–water partition coefficient (Wildman–Crippen LogP) is 3.02. The predicted molar refractivity (Wildman–Crippen MR) is 130 cm³/mol. The van der Waals surface area contributed by atoms with Crippen molar-refractivity contribution in [2.45, 2.75) is 52.7 Å². The third kappa shape index (κ3) is 10.4. The van der Waals surface area contributed by atoms with Crippen molar-refractivity contribution in [1.29, 1.82) is 0 Å². The van der Waals surface area contributed by atoms with Crippen molar-refractivity contribution < 1.29 is 33.4 Å². The molecule has 0 bridgehead atoms. The monoisotopic (exact) mass is 576 g/mol. The molecule has 0 spiro atoms. The molecule has 0 fully saturated rings. The molecule has 184 valence electrons.